The zero-order valence-electron chi connectivity index (χ0n) is 16.1. The molecule has 3 aromatic carbocycles. The number of thioether (sulfide) groups is 1. The van der Waals surface area contributed by atoms with Crippen LogP contribution < -0.4 is 10.6 Å². The predicted octanol–water partition coefficient (Wildman–Crippen LogP) is 4.89. The van der Waals surface area contributed by atoms with E-state index in [0.717, 1.165) is 16.1 Å². The van der Waals surface area contributed by atoms with E-state index in [4.69, 9.17) is 0 Å². The van der Waals surface area contributed by atoms with Crippen molar-refractivity contribution in [2.24, 2.45) is 0 Å². The molecule has 0 aliphatic rings. The number of carbonyl (C=O) groups excluding carboxylic acids is 2. The highest BCUT2D eigenvalue weighted by molar-refractivity contribution is 8.00. The summed E-state index contributed by atoms with van der Waals surface area (Å²) >= 11 is 1.36. The molecular weight excluding hydrogens is 402 g/mol. The quantitative estimate of drug-likeness (QED) is 0.321. The summed E-state index contributed by atoms with van der Waals surface area (Å²) in [5.74, 6) is -0.261. The summed E-state index contributed by atoms with van der Waals surface area (Å²) < 4.78 is 0. The van der Waals surface area contributed by atoms with Crippen molar-refractivity contribution in [2.45, 2.75) is 11.8 Å². The number of benzene rings is 3. The Hall–Kier alpha value is -3.65. The van der Waals surface area contributed by atoms with Gasteiger partial charge in [0.05, 0.1) is 10.7 Å². The van der Waals surface area contributed by atoms with E-state index in [2.05, 4.69) is 10.6 Å². The highest BCUT2D eigenvalue weighted by Crippen LogP contribution is 2.23. The average molecular weight is 421 g/mol. The lowest BCUT2D eigenvalue weighted by Gasteiger charge is -2.08. The third-order valence-corrected chi connectivity index (χ3v) is 5.10. The number of nitrogens with zero attached hydrogens (tertiary/aromatic N) is 1. The standard InChI is InChI=1S/C22H19N3O4S/c1-15-4-2-5-17(12-15)23-21(26)14-30-20-7-3-6-18(13-20)24-22(27)16-8-10-19(11-9-16)25(28)29/h2-13H,14H2,1H3,(H,23,26)(H,24,27). The Kier molecular flexibility index (Phi) is 6.82. The summed E-state index contributed by atoms with van der Waals surface area (Å²) in [4.78, 5) is 35.5. The highest BCUT2D eigenvalue weighted by atomic mass is 32.2. The molecule has 7 nitrogen and oxygen atoms in total. The highest BCUT2D eigenvalue weighted by Gasteiger charge is 2.10. The Morgan fingerprint density at radius 3 is 2.27 bits per heavy atom. The molecule has 2 amide bonds. The van der Waals surface area contributed by atoms with Gasteiger partial charge in [-0.2, -0.15) is 0 Å². The fourth-order valence-electron chi connectivity index (χ4n) is 2.67. The van der Waals surface area contributed by atoms with Gasteiger partial charge in [-0.25, -0.2) is 0 Å². The first kappa shape index (κ1) is 21.1. The lowest BCUT2D eigenvalue weighted by Crippen LogP contribution is -2.14. The minimum Gasteiger partial charge on any atom is -0.325 e. The van der Waals surface area contributed by atoms with Gasteiger partial charge in [0.25, 0.3) is 11.6 Å². The van der Waals surface area contributed by atoms with Gasteiger partial charge in [-0.1, -0.05) is 18.2 Å². The van der Waals surface area contributed by atoms with Crippen LogP contribution in [0, 0.1) is 17.0 Å². The van der Waals surface area contributed by atoms with Crippen molar-refractivity contribution in [3.63, 3.8) is 0 Å². The molecular formula is C22H19N3O4S. The molecule has 8 heteroatoms. The molecule has 0 fully saturated rings. The molecule has 0 radical (unpaired) electrons. The molecule has 3 rings (SSSR count). The van der Waals surface area contributed by atoms with E-state index in [1.165, 1.54) is 36.0 Å². The first-order valence-electron chi connectivity index (χ1n) is 9.06. The lowest BCUT2D eigenvalue weighted by molar-refractivity contribution is -0.384. The topological polar surface area (TPSA) is 101 Å². The van der Waals surface area contributed by atoms with Crippen molar-refractivity contribution < 1.29 is 14.5 Å². The van der Waals surface area contributed by atoms with Gasteiger partial charge in [0.2, 0.25) is 5.91 Å². The SMILES string of the molecule is Cc1cccc(NC(=O)CSc2cccc(NC(=O)c3ccc([N+](=O)[O-])cc3)c2)c1. The fraction of sp³-hybridized carbons (Fsp3) is 0.0909. The van der Waals surface area contributed by atoms with Crippen LogP contribution in [-0.2, 0) is 4.79 Å². The Balaban J connectivity index is 1.57. The van der Waals surface area contributed by atoms with Crippen LogP contribution >= 0.6 is 11.8 Å². The van der Waals surface area contributed by atoms with E-state index in [1.807, 2.05) is 37.3 Å². The third-order valence-electron chi connectivity index (χ3n) is 4.10. The van der Waals surface area contributed by atoms with Crippen LogP contribution in [-0.4, -0.2) is 22.5 Å². The van der Waals surface area contributed by atoms with Crippen molar-refractivity contribution in [2.75, 3.05) is 16.4 Å². The number of hydrogen-bond acceptors (Lipinski definition) is 5. The maximum atomic E-state index is 12.4. The normalized spacial score (nSPS) is 10.3. The van der Waals surface area contributed by atoms with Gasteiger partial charge >= 0.3 is 0 Å². The molecule has 0 heterocycles. The molecule has 0 aliphatic heterocycles. The van der Waals surface area contributed by atoms with Crippen LogP contribution in [0.4, 0.5) is 17.1 Å². The minimum atomic E-state index is -0.516. The maximum Gasteiger partial charge on any atom is 0.269 e. The van der Waals surface area contributed by atoms with Crippen LogP contribution in [0.15, 0.2) is 77.7 Å². The summed E-state index contributed by atoms with van der Waals surface area (Å²) in [5, 5.41) is 16.3. The lowest BCUT2D eigenvalue weighted by atomic mass is 10.2. The van der Waals surface area contributed by atoms with Crippen molar-refractivity contribution in [1.29, 1.82) is 0 Å². The number of aryl methyl sites for hydroxylation is 1. The van der Waals surface area contributed by atoms with Crippen molar-refractivity contribution in [3.05, 3.63) is 94.0 Å². The zero-order chi connectivity index (χ0) is 21.5. The summed E-state index contributed by atoms with van der Waals surface area (Å²) in [6.07, 6.45) is 0. The number of amides is 2. The Morgan fingerprint density at radius 2 is 1.60 bits per heavy atom. The summed E-state index contributed by atoms with van der Waals surface area (Å²) in [5.41, 5.74) is 2.63. The summed E-state index contributed by atoms with van der Waals surface area (Å²) in [6.45, 7) is 1.96. The van der Waals surface area contributed by atoms with Gasteiger partial charge in [-0.05, 0) is 55.0 Å². The maximum absolute atomic E-state index is 12.4. The molecule has 0 spiro atoms. The van der Waals surface area contributed by atoms with Crippen molar-refractivity contribution >= 4 is 40.6 Å². The van der Waals surface area contributed by atoms with Crippen LogP contribution in [0.1, 0.15) is 15.9 Å². The van der Waals surface area contributed by atoms with Gasteiger partial charge in [-0.3, -0.25) is 19.7 Å². The van der Waals surface area contributed by atoms with Crippen LogP contribution in [0.2, 0.25) is 0 Å². The number of carbonyl (C=O) groups is 2. The number of hydrogen-bond donors (Lipinski definition) is 2. The van der Waals surface area contributed by atoms with Crippen LogP contribution in [0.3, 0.4) is 0 Å². The molecule has 152 valence electrons. The summed E-state index contributed by atoms with van der Waals surface area (Å²) in [6, 6.07) is 20.1. The Bertz CT molecular complexity index is 1080. The smallest absolute Gasteiger partial charge is 0.269 e. The Morgan fingerprint density at radius 1 is 0.933 bits per heavy atom. The molecule has 0 unspecified atom stereocenters. The molecule has 0 saturated carbocycles. The monoisotopic (exact) mass is 421 g/mol. The first-order valence-corrected chi connectivity index (χ1v) is 10.0. The number of anilines is 2. The third kappa shape index (κ3) is 5.92. The second-order valence-electron chi connectivity index (χ2n) is 6.49. The van der Waals surface area contributed by atoms with E-state index in [1.54, 1.807) is 18.2 Å². The van der Waals surface area contributed by atoms with E-state index >= 15 is 0 Å². The van der Waals surface area contributed by atoms with Crippen LogP contribution in [0.5, 0.6) is 0 Å². The second kappa shape index (κ2) is 9.71. The minimum absolute atomic E-state index is 0.0751. The fourth-order valence-corrected chi connectivity index (χ4v) is 3.43. The number of nitro groups is 1. The number of nitrogens with one attached hydrogen (secondary N) is 2. The van der Waals surface area contributed by atoms with Gasteiger partial charge in [0, 0.05) is 34.0 Å². The largest absolute Gasteiger partial charge is 0.325 e. The van der Waals surface area contributed by atoms with E-state index in [0.29, 0.717) is 11.3 Å². The molecule has 0 atom stereocenters. The van der Waals surface area contributed by atoms with Gasteiger partial charge in [0.1, 0.15) is 0 Å². The van der Waals surface area contributed by atoms with E-state index < -0.39 is 4.92 Å². The number of non-ortho nitro benzene ring substituents is 1. The van der Waals surface area contributed by atoms with Crippen molar-refractivity contribution in [1.82, 2.24) is 0 Å². The van der Waals surface area contributed by atoms with Gasteiger partial charge in [-0.15, -0.1) is 11.8 Å². The summed E-state index contributed by atoms with van der Waals surface area (Å²) in [7, 11) is 0. The first-order chi connectivity index (χ1) is 14.4. The van der Waals surface area contributed by atoms with Crippen LogP contribution in [0.25, 0.3) is 0 Å². The molecule has 30 heavy (non-hydrogen) atoms. The zero-order valence-corrected chi connectivity index (χ0v) is 16.9. The number of nitro benzene ring substituents is 1. The Labute approximate surface area is 177 Å². The average Bonchev–Trinajstić information content (AvgIpc) is 2.72. The van der Waals surface area contributed by atoms with E-state index in [-0.39, 0.29) is 23.3 Å². The predicted molar refractivity (Wildman–Crippen MR) is 118 cm³/mol. The van der Waals surface area contributed by atoms with E-state index in [9.17, 15) is 19.7 Å². The van der Waals surface area contributed by atoms with Gasteiger partial charge < -0.3 is 10.6 Å². The molecule has 0 bridgehead atoms. The molecule has 3 aromatic rings. The van der Waals surface area contributed by atoms with Gasteiger partial charge in [0.15, 0.2) is 0 Å². The number of rotatable bonds is 7. The second-order valence-corrected chi connectivity index (χ2v) is 7.54. The molecule has 2 N–H and O–H groups in total. The van der Waals surface area contributed by atoms with Crippen molar-refractivity contribution in [3.8, 4) is 0 Å². The molecule has 0 saturated heterocycles. The molecule has 0 aliphatic carbocycles. The molecule has 0 aromatic heterocycles.